The molecule has 1 aromatic carbocycles. The molecule has 0 saturated carbocycles. The van der Waals surface area contributed by atoms with Crippen molar-refractivity contribution in [2.75, 3.05) is 20.1 Å². The van der Waals surface area contributed by atoms with Crippen LogP contribution in [0.2, 0.25) is 0 Å². The molecule has 1 saturated heterocycles. The van der Waals surface area contributed by atoms with E-state index in [1.54, 1.807) is 13.0 Å². The summed E-state index contributed by atoms with van der Waals surface area (Å²) >= 11 is 0. The monoisotopic (exact) mass is 236 g/mol. The van der Waals surface area contributed by atoms with E-state index in [2.05, 4.69) is 17.3 Å². The Hall–Kier alpha value is -0.930. The molecule has 3 heteroatoms. The average molecular weight is 236 g/mol. The summed E-state index contributed by atoms with van der Waals surface area (Å²) in [6, 6.07) is 6.02. The van der Waals surface area contributed by atoms with E-state index in [4.69, 9.17) is 0 Å². The minimum absolute atomic E-state index is 0.106. The molecule has 17 heavy (non-hydrogen) atoms. The molecular weight excluding hydrogens is 215 g/mol. The zero-order valence-corrected chi connectivity index (χ0v) is 10.7. The van der Waals surface area contributed by atoms with Gasteiger partial charge in [0.1, 0.15) is 5.82 Å². The van der Waals surface area contributed by atoms with Gasteiger partial charge in [0.15, 0.2) is 0 Å². The molecule has 0 aliphatic carbocycles. The van der Waals surface area contributed by atoms with Crippen molar-refractivity contribution in [1.29, 1.82) is 0 Å². The van der Waals surface area contributed by atoms with Crippen LogP contribution in [-0.2, 0) is 6.54 Å². The zero-order valence-electron chi connectivity index (χ0n) is 10.7. The number of nitrogens with zero attached hydrogens (tertiary/aromatic N) is 1. The number of rotatable bonds is 3. The smallest absolute Gasteiger partial charge is 0.126 e. The van der Waals surface area contributed by atoms with Gasteiger partial charge in [-0.05, 0) is 50.6 Å². The summed E-state index contributed by atoms with van der Waals surface area (Å²) in [6.45, 7) is 4.84. The standard InChI is InChI=1S/C14H21FN2/c1-11-5-6-12(8-14(11)15)9-16-13-4-3-7-17(2)10-13/h5-6,8,13,16H,3-4,7,9-10H2,1-2H3. The Morgan fingerprint density at radius 1 is 1.47 bits per heavy atom. The van der Waals surface area contributed by atoms with Crippen molar-refractivity contribution in [3.63, 3.8) is 0 Å². The Morgan fingerprint density at radius 3 is 3.00 bits per heavy atom. The zero-order chi connectivity index (χ0) is 12.3. The molecule has 1 aliphatic rings. The number of likely N-dealkylation sites (tertiary alicyclic amines) is 1. The lowest BCUT2D eigenvalue weighted by molar-refractivity contribution is 0.226. The van der Waals surface area contributed by atoms with Crippen molar-refractivity contribution in [1.82, 2.24) is 10.2 Å². The van der Waals surface area contributed by atoms with Crippen LogP contribution in [-0.4, -0.2) is 31.1 Å². The fourth-order valence-corrected chi connectivity index (χ4v) is 2.34. The Balaban J connectivity index is 1.86. The van der Waals surface area contributed by atoms with Crippen molar-refractivity contribution < 1.29 is 4.39 Å². The van der Waals surface area contributed by atoms with Crippen LogP contribution in [0.1, 0.15) is 24.0 Å². The van der Waals surface area contributed by atoms with E-state index in [-0.39, 0.29) is 5.82 Å². The second-order valence-corrected chi connectivity index (χ2v) is 5.07. The molecule has 1 N–H and O–H groups in total. The third-order valence-corrected chi connectivity index (χ3v) is 3.46. The summed E-state index contributed by atoms with van der Waals surface area (Å²) in [7, 11) is 2.15. The Kier molecular flexibility index (Phi) is 4.13. The predicted molar refractivity (Wildman–Crippen MR) is 68.5 cm³/mol. The van der Waals surface area contributed by atoms with Gasteiger partial charge in [0.05, 0.1) is 0 Å². The fourth-order valence-electron chi connectivity index (χ4n) is 2.34. The molecule has 0 spiro atoms. The van der Waals surface area contributed by atoms with E-state index in [9.17, 15) is 4.39 Å². The minimum Gasteiger partial charge on any atom is -0.309 e. The Bertz CT molecular complexity index is 378. The van der Waals surface area contributed by atoms with Crippen LogP contribution in [0.25, 0.3) is 0 Å². The first-order chi connectivity index (χ1) is 8.15. The van der Waals surface area contributed by atoms with Gasteiger partial charge in [-0.2, -0.15) is 0 Å². The van der Waals surface area contributed by atoms with Crippen LogP contribution in [0.4, 0.5) is 4.39 Å². The lowest BCUT2D eigenvalue weighted by Crippen LogP contribution is -2.43. The van der Waals surface area contributed by atoms with Gasteiger partial charge in [-0.3, -0.25) is 0 Å². The molecule has 2 rings (SSSR count). The highest BCUT2D eigenvalue weighted by Crippen LogP contribution is 2.11. The highest BCUT2D eigenvalue weighted by molar-refractivity contribution is 5.23. The van der Waals surface area contributed by atoms with Gasteiger partial charge < -0.3 is 10.2 Å². The van der Waals surface area contributed by atoms with E-state index < -0.39 is 0 Å². The van der Waals surface area contributed by atoms with Crippen LogP contribution in [0.5, 0.6) is 0 Å². The minimum atomic E-state index is -0.106. The first-order valence-electron chi connectivity index (χ1n) is 6.32. The Labute approximate surface area is 103 Å². The second kappa shape index (κ2) is 5.61. The summed E-state index contributed by atoms with van der Waals surface area (Å²) in [6.07, 6.45) is 2.47. The molecule has 94 valence electrons. The van der Waals surface area contributed by atoms with Gasteiger partial charge in [-0.15, -0.1) is 0 Å². The molecule has 1 heterocycles. The molecule has 0 bridgehead atoms. The molecule has 1 unspecified atom stereocenters. The largest absolute Gasteiger partial charge is 0.309 e. The summed E-state index contributed by atoms with van der Waals surface area (Å²) in [5.74, 6) is -0.106. The van der Waals surface area contributed by atoms with Gasteiger partial charge in [0, 0.05) is 19.1 Å². The number of halogens is 1. The average Bonchev–Trinajstić information content (AvgIpc) is 2.31. The summed E-state index contributed by atoms with van der Waals surface area (Å²) in [5, 5.41) is 3.51. The van der Waals surface area contributed by atoms with Crippen LogP contribution in [0.3, 0.4) is 0 Å². The third kappa shape index (κ3) is 3.51. The van der Waals surface area contributed by atoms with Gasteiger partial charge in [0.2, 0.25) is 0 Å². The maximum atomic E-state index is 13.4. The Morgan fingerprint density at radius 2 is 2.29 bits per heavy atom. The van der Waals surface area contributed by atoms with E-state index in [1.165, 1.54) is 19.4 Å². The van der Waals surface area contributed by atoms with Crippen LogP contribution in [0.15, 0.2) is 18.2 Å². The number of hydrogen-bond acceptors (Lipinski definition) is 2. The van der Waals surface area contributed by atoms with Crippen molar-refractivity contribution in [3.05, 3.63) is 35.1 Å². The summed E-state index contributed by atoms with van der Waals surface area (Å²) in [5.41, 5.74) is 1.74. The first kappa shape index (κ1) is 12.5. The van der Waals surface area contributed by atoms with Gasteiger partial charge in [0.25, 0.3) is 0 Å². The van der Waals surface area contributed by atoms with E-state index in [0.29, 0.717) is 11.6 Å². The number of nitrogens with one attached hydrogen (secondary N) is 1. The number of benzene rings is 1. The van der Waals surface area contributed by atoms with Crippen molar-refractivity contribution >= 4 is 0 Å². The number of likely N-dealkylation sites (N-methyl/N-ethyl adjacent to an activating group) is 1. The highest BCUT2D eigenvalue weighted by atomic mass is 19.1. The molecule has 0 amide bonds. The second-order valence-electron chi connectivity index (χ2n) is 5.07. The molecule has 1 fully saturated rings. The van der Waals surface area contributed by atoms with E-state index in [0.717, 1.165) is 18.7 Å². The summed E-state index contributed by atoms with van der Waals surface area (Å²) in [4.78, 5) is 2.34. The maximum absolute atomic E-state index is 13.4. The molecule has 1 aliphatic heterocycles. The van der Waals surface area contributed by atoms with Crippen molar-refractivity contribution in [2.45, 2.75) is 32.4 Å². The molecular formula is C14H21FN2. The molecule has 0 aromatic heterocycles. The number of hydrogen-bond donors (Lipinski definition) is 1. The molecule has 1 aromatic rings. The van der Waals surface area contributed by atoms with Crippen LogP contribution >= 0.6 is 0 Å². The molecule has 0 radical (unpaired) electrons. The van der Waals surface area contributed by atoms with Gasteiger partial charge >= 0.3 is 0 Å². The predicted octanol–water partition coefficient (Wildman–Crippen LogP) is 2.32. The van der Waals surface area contributed by atoms with E-state index >= 15 is 0 Å². The third-order valence-electron chi connectivity index (χ3n) is 3.46. The number of piperidine rings is 1. The highest BCUT2D eigenvalue weighted by Gasteiger charge is 2.16. The van der Waals surface area contributed by atoms with Crippen LogP contribution in [0, 0.1) is 12.7 Å². The molecule has 1 atom stereocenters. The summed E-state index contributed by atoms with van der Waals surface area (Å²) < 4.78 is 13.4. The van der Waals surface area contributed by atoms with Crippen LogP contribution < -0.4 is 5.32 Å². The van der Waals surface area contributed by atoms with Crippen molar-refractivity contribution in [2.24, 2.45) is 0 Å². The van der Waals surface area contributed by atoms with Gasteiger partial charge in [-0.1, -0.05) is 12.1 Å². The lowest BCUT2D eigenvalue weighted by Gasteiger charge is -2.30. The quantitative estimate of drug-likeness (QED) is 0.866. The first-order valence-corrected chi connectivity index (χ1v) is 6.32. The fraction of sp³-hybridized carbons (Fsp3) is 0.571. The molecule has 2 nitrogen and oxygen atoms in total. The SMILES string of the molecule is Cc1ccc(CNC2CCCN(C)C2)cc1F. The van der Waals surface area contributed by atoms with Gasteiger partial charge in [-0.25, -0.2) is 4.39 Å². The maximum Gasteiger partial charge on any atom is 0.126 e. The van der Waals surface area contributed by atoms with Crippen molar-refractivity contribution in [3.8, 4) is 0 Å². The lowest BCUT2D eigenvalue weighted by atomic mass is 10.1. The normalized spacial score (nSPS) is 21.7. The van der Waals surface area contributed by atoms with E-state index in [1.807, 2.05) is 12.1 Å². The number of aryl methyl sites for hydroxylation is 1. The topological polar surface area (TPSA) is 15.3 Å².